The molecule has 16 rings (SSSR count). The van der Waals surface area contributed by atoms with Crippen molar-refractivity contribution in [3.05, 3.63) is 264 Å². The summed E-state index contributed by atoms with van der Waals surface area (Å²) in [6.07, 6.45) is 0. The standard InChI is InChI=1S/C77H63BN4/c1-75(2,3)51-35-40-55(41-36-51)81-67-46-56(79(64-32-19-24-50-23-15-16-27-57(50)64)54-38-33-49(34-39-54)48-21-11-9-12-22-48)47-68-70(67)78(74-73(81)60-42-37-52(76(4,5)6)45-62(60)77(74,7)8)63-30-20-29-61-69-66(82(68)71(61)63)44-43-59-58-28-17-18-31-65(58)80(72(59)69)53-25-13-10-14-26-53/h9-47H,1-8H3. The quantitative estimate of drug-likeness (QED) is 0.154. The van der Waals surface area contributed by atoms with E-state index in [0.29, 0.717) is 0 Å². The Labute approximate surface area is 480 Å². The van der Waals surface area contributed by atoms with E-state index >= 15 is 0 Å². The first kappa shape index (κ1) is 48.6. The van der Waals surface area contributed by atoms with E-state index in [-0.39, 0.29) is 23.0 Å². The number of allylic oxidation sites excluding steroid dienone is 1. The molecule has 0 fully saturated rings. The third kappa shape index (κ3) is 6.92. The van der Waals surface area contributed by atoms with Crippen LogP contribution in [-0.2, 0) is 16.2 Å². The van der Waals surface area contributed by atoms with Gasteiger partial charge in [0.2, 0.25) is 6.71 Å². The smallest absolute Gasteiger partial charge is 0.248 e. The second-order valence-electron chi connectivity index (χ2n) is 25.7. The minimum absolute atomic E-state index is 0.0163. The first-order chi connectivity index (χ1) is 39.7. The minimum Gasteiger partial charge on any atom is -0.311 e. The van der Waals surface area contributed by atoms with E-state index in [1.165, 1.54) is 121 Å². The molecule has 0 bridgehead atoms. The Hall–Kier alpha value is -9.32. The molecule has 2 aliphatic heterocycles. The Balaban J connectivity index is 1.07. The Morgan fingerprint density at radius 1 is 0.439 bits per heavy atom. The fraction of sp³-hybridized carbons (Fsp3) is 0.143. The molecule has 11 aromatic carbocycles. The summed E-state index contributed by atoms with van der Waals surface area (Å²) in [5.74, 6) is 0. The SMILES string of the molecule is CC(C)(C)c1ccc(N2C3=C(B4c5c2cc(N(c2ccc(-c6ccccc6)cc2)c2cccc6ccccc26)cc5-n2c5ccc6c7ccccc7n(-c7ccccc7)c6c5c5cccc4c52)C(C)(C)c2cc(C(C)(C)C)ccc23)cc1. The molecule has 0 saturated carbocycles. The van der Waals surface area contributed by atoms with E-state index in [9.17, 15) is 0 Å². The molecule has 0 amide bonds. The number of rotatable bonds is 6. The molecule has 0 N–H and O–H groups in total. The van der Waals surface area contributed by atoms with E-state index in [2.05, 4.69) is 311 Å². The van der Waals surface area contributed by atoms with Gasteiger partial charge in [-0.3, -0.25) is 0 Å². The van der Waals surface area contributed by atoms with Crippen LogP contribution in [0.5, 0.6) is 0 Å². The number of nitrogens with zero attached hydrogens (tertiary/aromatic N) is 4. The van der Waals surface area contributed by atoms with Crippen LogP contribution in [0.1, 0.15) is 77.6 Å². The van der Waals surface area contributed by atoms with Gasteiger partial charge >= 0.3 is 0 Å². The molecule has 0 unspecified atom stereocenters. The summed E-state index contributed by atoms with van der Waals surface area (Å²) >= 11 is 0. The Bertz CT molecular complexity index is 4830. The van der Waals surface area contributed by atoms with Crippen LogP contribution in [0.3, 0.4) is 0 Å². The number of benzene rings is 11. The predicted octanol–water partition coefficient (Wildman–Crippen LogP) is 19.1. The van der Waals surface area contributed by atoms with E-state index in [0.717, 1.165) is 28.4 Å². The van der Waals surface area contributed by atoms with Gasteiger partial charge in [0.05, 0.1) is 27.9 Å². The van der Waals surface area contributed by atoms with E-state index < -0.39 is 0 Å². The highest BCUT2D eigenvalue weighted by atomic mass is 15.2. The lowest BCUT2D eigenvalue weighted by atomic mass is 9.30. The Kier molecular flexibility index (Phi) is 10.3. The molecule has 4 nitrogen and oxygen atoms in total. The third-order valence-corrected chi connectivity index (χ3v) is 18.6. The summed E-state index contributed by atoms with van der Waals surface area (Å²) in [7, 11) is 0. The summed E-state index contributed by atoms with van der Waals surface area (Å²) in [5.41, 5.74) is 25.7. The van der Waals surface area contributed by atoms with Crippen molar-refractivity contribution in [2.75, 3.05) is 9.80 Å². The highest BCUT2D eigenvalue weighted by Gasteiger charge is 2.53. The van der Waals surface area contributed by atoms with E-state index in [4.69, 9.17) is 0 Å². The van der Waals surface area contributed by atoms with Gasteiger partial charge in [0.15, 0.2) is 0 Å². The van der Waals surface area contributed by atoms with Crippen LogP contribution in [0, 0.1) is 0 Å². The molecule has 1 aliphatic carbocycles. The maximum Gasteiger partial charge on any atom is 0.248 e. The third-order valence-electron chi connectivity index (χ3n) is 18.6. The number of para-hydroxylation sites is 3. The van der Waals surface area contributed by atoms with Crippen LogP contribution in [0.4, 0.5) is 28.4 Å². The van der Waals surface area contributed by atoms with Gasteiger partial charge in [-0.05, 0) is 122 Å². The largest absolute Gasteiger partial charge is 0.311 e. The summed E-state index contributed by atoms with van der Waals surface area (Å²) in [6.45, 7) is 19.0. The lowest BCUT2D eigenvalue weighted by molar-refractivity contribution is 0.584. The Morgan fingerprint density at radius 2 is 1.07 bits per heavy atom. The monoisotopic (exact) mass is 1050 g/mol. The lowest BCUT2D eigenvalue weighted by Gasteiger charge is -2.43. The number of fused-ring (bicyclic) bond motifs is 13. The van der Waals surface area contributed by atoms with Crippen LogP contribution >= 0.6 is 0 Å². The van der Waals surface area contributed by atoms with Crippen molar-refractivity contribution < 1.29 is 0 Å². The molecule has 0 spiro atoms. The summed E-state index contributed by atoms with van der Waals surface area (Å²) in [5, 5.41) is 7.43. The molecule has 82 heavy (non-hydrogen) atoms. The molecule has 13 aromatic rings. The molecule has 2 aromatic heterocycles. The zero-order valence-corrected chi connectivity index (χ0v) is 47.9. The molecule has 0 radical (unpaired) electrons. The maximum absolute atomic E-state index is 2.67. The van der Waals surface area contributed by atoms with Gasteiger partial charge in [-0.2, -0.15) is 0 Å². The van der Waals surface area contributed by atoms with Crippen LogP contribution in [0.15, 0.2) is 242 Å². The number of aromatic nitrogens is 2. The van der Waals surface area contributed by atoms with Crippen LogP contribution in [-0.4, -0.2) is 15.8 Å². The molecule has 5 heteroatoms. The molecule has 0 atom stereocenters. The molecular weight excluding hydrogens is 992 g/mol. The minimum atomic E-state index is -0.341. The van der Waals surface area contributed by atoms with Gasteiger partial charge in [0.1, 0.15) is 0 Å². The van der Waals surface area contributed by atoms with Crippen molar-refractivity contribution in [1.29, 1.82) is 0 Å². The van der Waals surface area contributed by atoms with E-state index in [1.54, 1.807) is 0 Å². The lowest BCUT2D eigenvalue weighted by Crippen LogP contribution is -2.56. The van der Waals surface area contributed by atoms with Gasteiger partial charge in [0, 0.05) is 77.6 Å². The van der Waals surface area contributed by atoms with Gasteiger partial charge < -0.3 is 18.9 Å². The molecular formula is C77H63BN4. The predicted molar refractivity (Wildman–Crippen MR) is 350 cm³/mol. The first-order valence-electron chi connectivity index (χ1n) is 29.2. The highest BCUT2D eigenvalue weighted by molar-refractivity contribution is 6.96. The van der Waals surface area contributed by atoms with Crippen molar-refractivity contribution >= 4 is 106 Å². The van der Waals surface area contributed by atoms with Crippen molar-refractivity contribution in [1.82, 2.24) is 9.13 Å². The van der Waals surface area contributed by atoms with Crippen LogP contribution < -0.4 is 20.7 Å². The maximum atomic E-state index is 2.67. The summed E-state index contributed by atoms with van der Waals surface area (Å²) < 4.78 is 5.19. The van der Waals surface area contributed by atoms with Crippen molar-refractivity contribution in [3.63, 3.8) is 0 Å². The summed E-state index contributed by atoms with van der Waals surface area (Å²) in [6, 6.07) is 89.6. The van der Waals surface area contributed by atoms with Gasteiger partial charge in [0.25, 0.3) is 0 Å². The first-order valence-corrected chi connectivity index (χ1v) is 29.2. The van der Waals surface area contributed by atoms with Gasteiger partial charge in [-0.1, -0.05) is 231 Å². The fourth-order valence-electron chi connectivity index (χ4n) is 14.6. The number of hydrogen-bond donors (Lipinski definition) is 0. The Morgan fingerprint density at radius 3 is 1.83 bits per heavy atom. The zero-order valence-electron chi connectivity index (χ0n) is 47.9. The molecule has 4 heterocycles. The number of anilines is 5. The second kappa shape index (κ2) is 17.3. The normalized spacial score (nSPS) is 14.3. The van der Waals surface area contributed by atoms with Crippen LogP contribution in [0.2, 0.25) is 0 Å². The average molecular weight is 1060 g/mol. The zero-order chi connectivity index (χ0) is 55.6. The molecule has 0 saturated heterocycles. The molecule has 394 valence electrons. The van der Waals surface area contributed by atoms with Crippen molar-refractivity contribution in [2.45, 2.75) is 71.6 Å². The van der Waals surface area contributed by atoms with Crippen molar-refractivity contribution in [3.8, 4) is 22.5 Å². The van der Waals surface area contributed by atoms with Crippen molar-refractivity contribution in [2.24, 2.45) is 0 Å². The fourth-order valence-corrected chi connectivity index (χ4v) is 14.6. The summed E-state index contributed by atoms with van der Waals surface area (Å²) in [4.78, 5) is 5.21. The average Bonchev–Trinajstić information content (AvgIpc) is 2.64. The van der Waals surface area contributed by atoms with E-state index in [1.807, 2.05) is 0 Å². The number of hydrogen-bond acceptors (Lipinski definition) is 2. The second-order valence-corrected chi connectivity index (χ2v) is 25.7. The van der Waals surface area contributed by atoms with Gasteiger partial charge in [-0.25, -0.2) is 0 Å². The molecule has 3 aliphatic rings. The van der Waals surface area contributed by atoms with Crippen LogP contribution in [0.25, 0.3) is 82.6 Å². The van der Waals surface area contributed by atoms with Gasteiger partial charge in [-0.15, -0.1) is 0 Å². The topological polar surface area (TPSA) is 16.3 Å². The highest BCUT2D eigenvalue weighted by Crippen LogP contribution is 2.57.